The van der Waals surface area contributed by atoms with Gasteiger partial charge in [-0.15, -0.1) is 0 Å². The first-order valence-corrected chi connectivity index (χ1v) is 8.42. The molecule has 0 amide bonds. The van der Waals surface area contributed by atoms with Crippen LogP contribution in [-0.4, -0.2) is 54.9 Å². The van der Waals surface area contributed by atoms with E-state index in [9.17, 15) is 0 Å². The summed E-state index contributed by atoms with van der Waals surface area (Å²) < 4.78 is 0. The number of hydrogen-bond donors (Lipinski definition) is 2. The summed E-state index contributed by atoms with van der Waals surface area (Å²) >= 11 is 6.66. The van der Waals surface area contributed by atoms with E-state index in [0.717, 1.165) is 13.1 Å². The normalized spacial score (nSPS) is 15.2. The zero-order valence-electron chi connectivity index (χ0n) is 11.9. The van der Waals surface area contributed by atoms with Gasteiger partial charge in [-0.3, -0.25) is 0 Å². The maximum Gasteiger partial charge on any atom is 0.0282 e. The molecule has 0 fully saturated rings. The fourth-order valence-corrected chi connectivity index (χ4v) is 3.23. The van der Waals surface area contributed by atoms with Crippen LogP contribution in [0.2, 0.25) is 0 Å². The van der Waals surface area contributed by atoms with Crippen LogP contribution in [0.15, 0.2) is 0 Å². The Hall–Kier alpha value is 0.620. The lowest BCUT2D eigenvalue weighted by molar-refractivity contribution is 0.319. The Balaban J connectivity index is 3.61. The third-order valence-corrected chi connectivity index (χ3v) is 4.96. The number of thiol groups is 1. The summed E-state index contributed by atoms with van der Waals surface area (Å²) in [6, 6.07) is 0.594. The number of nitrogens with zero attached hydrogens (tertiary/aromatic N) is 1. The fourth-order valence-electron chi connectivity index (χ4n) is 1.60. The van der Waals surface area contributed by atoms with Gasteiger partial charge < -0.3 is 10.2 Å². The number of rotatable bonds is 11. The van der Waals surface area contributed by atoms with E-state index >= 15 is 0 Å². The molecular formula is C13H30N2S2. The molecule has 0 spiro atoms. The Kier molecular flexibility index (Phi) is 12.1. The lowest BCUT2D eigenvalue weighted by atomic mass is 10.2. The molecule has 104 valence electrons. The van der Waals surface area contributed by atoms with Gasteiger partial charge in [0.15, 0.2) is 0 Å². The van der Waals surface area contributed by atoms with Gasteiger partial charge in [-0.2, -0.15) is 24.4 Å². The first-order chi connectivity index (χ1) is 8.13. The van der Waals surface area contributed by atoms with Crippen LogP contribution in [0, 0.1) is 0 Å². The van der Waals surface area contributed by atoms with E-state index in [0.29, 0.717) is 11.3 Å². The minimum atomic E-state index is 0.571. The topological polar surface area (TPSA) is 15.3 Å². The van der Waals surface area contributed by atoms with E-state index in [4.69, 9.17) is 0 Å². The van der Waals surface area contributed by atoms with Crippen LogP contribution in [0.25, 0.3) is 0 Å². The molecule has 0 unspecified atom stereocenters. The summed E-state index contributed by atoms with van der Waals surface area (Å²) in [6.07, 6.45) is 3.84. The molecule has 0 aromatic carbocycles. The van der Waals surface area contributed by atoms with Crippen LogP contribution in [0.5, 0.6) is 0 Å². The molecule has 0 heterocycles. The van der Waals surface area contributed by atoms with Gasteiger partial charge in [0.1, 0.15) is 0 Å². The van der Waals surface area contributed by atoms with E-state index in [2.05, 4.69) is 50.8 Å². The van der Waals surface area contributed by atoms with Crippen LogP contribution in [0.3, 0.4) is 0 Å². The fraction of sp³-hybridized carbons (Fsp3) is 1.00. The monoisotopic (exact) mass is 278 g/mol. The molecule has 1 N–H and O–H groups in total. The van der Waals surface area contributed by atoms with Crippen molar-refractivity contribution in [1.82, 2.24) is 10.2 Å². The van der Waals surface area contributed by atoms with Gasteiger partial charge in [0, 0.05) is 29.3 Å². The average molecular weight is 279 g/mol. The second kappa shape index (κ2) is 11.7. The minimum absolute atomic E-state index is 0.571. The molecule has 0 aromatic rings. The zero-order valence-corrected chi connectivity index (χ0v) is 13.6. The molecule has 2 atom stereocenters. The van der Waals surface area contributed by atoms with Crippen molar-refractivity contribution >= 4 is 24.4 Å². The SMILES string of the molecule is CCCC[C@@H](S)CSC[C@@H](CN(C)CC)NC. The highest BCUT2D eigenvalue weighted by molar-refractivity contribution is 8.00. The van der Waals surface area contributed by atoms with Crippen LogP contribution >= 0.6 is 24.4 Å². The number of unbranched alkanes of at least 4 members (excludes halogenated alkanes) is 1. The van der Waals surface area contributed by atoms with Gasteiger partial charge >= 0.3 is 0 Å². The molecule has 0 bridgehead atoms. The van der Waals surface area contributed by atoms with E-state index in [1.165, 1.54) is 30.8 Å². The van der Waals surface area contributed by atoms with E-state index in [-0.39, 0.29) is 0 Å². The summed E-state index contributed by atoms with van der Waals surface area (Å²) in [6.45, 7) is 6.69. The average Bonchev–Trinajstić information content (AvgIpc) is 2.34. The van der Waals surface area contributed by atoms with E-state index in [1.54, 1.807) is 0 Å². The predicted molar refractivity (Wildman–Crippen MR) is 85.6 cm³/mol. The van der Waals surface area contributed by atoms with Crippen LogP contribution in [0.4, 0.5) is 0 Å². The van der Waals surface area contributed by atoms with Crippen molar-refractivity contribution in [1.29, 1.82) is 0 Å². The highest BCUT2D eigenvalue weighted by Gasteiger charge is 2.10. The molecule has 0 aliphatic carbocycles. The quantitative estimate of drug-likeness (QED) is 0.566. The highest BCUT2D eigenvalue weighted by atomic mass is 32.2. The largest absolute Gasteiger partial charge is 0.315 e. The smallest absolute Gasteiger partial charge is 0.0282 e. The summed E-state index contributed by atoms with van der Waals surface area (Å²) in [5.41, 5.74) is 0. The molecule has 0 rings (SSSR count). The third-order valence-electron chi connectivity index (χ3n) is 3.00. The Morgan fingerprint density at radius 2 is 2.00 bits per heavy atom. The van der Waals surface area contributed by atoms with Gasteiger partial charge in [-0.05, 0) is 27.1 Å². The molecule has 17 heavy (non-hydrogen) atoms. The standard InChI is InChI=1S/C13H30N2S2/c1-5-7-8-13(16)11-17-10-12(14-3)9-15(4)6-2/h12-14,16H,5-11H2,1-4H3/t12-,13-/m1/s1. The second-order valence-electron chi connectivity index (χ2n) is 4.67. The predicted octanol–water partition coefficient (Wildman–Crippen LogP) is 2.75. The van der Waals surface area contributed by atoms with Crippen LogP contribution in [0.1, 0.15) is 33.1 Å². The molecule has 2 nitrogen and oxygen atoms in total. The second-order valence-corrected chi connectivity index (χ2v) is 6.48. The van der Waals surface area contributed by atoms with E-state index < -0.39 is 0 Å². The van der Waals surface area contributed by atoms with Crippen molar-refractivity contribution in [2.24, 2.45) is 0 Å². The van der Waals surface area contributed by atoms with Gasteiger partial charge in [0.25, 0.3) is 0 Å². The molecule has 4 heteroatoms. The van der Waals surface area contributed by atoms with Gasteiger partial charge in [-0.1, -0.05) is 26.7 Å². The molecule has 0 aliphatic rings. The van der Waals surface area contributed by atoms with Crippen molar-refractivity contribution < 1.29 is 0 Å². The Bertz CT molecular complexity index is 167. The number of likely N-dealkylation sites (N-methyl/N-ethyl adjacent to an activating group) is 2. The van der Waals surface area contributed by atoms with Crippen molar-refractivity contribution in [3.63, 3.8) is 0 Å². The first-order valence-electron chi connectivity index (χ1n) is 6.75. The maximum absolute atomic E-state index is 4.63. The summed E-state index contributed by atoms with van der Waals surface area (Å²) in [5, 5.41) is 3.97. The highest BCUT2D eigenvalue weighted by Crippen LogP contribution is 2.14. The molecule has 0 saturated carbocycles. The third kappa shape index (κ3) is 10.2. The van der Waals surface area contributed by atoms with Crippen LogP contribution < -0.4 is 5.32 Å². The lowest BCUT2D eigenvalue weighted by Gasteiger charge is -2.22. The van der Waals surface area contributed by atoms with Crippen LogP contribution in [-0.2, 0) is 0 Å². The Labute approximate surface area is 118 Å². The summed E-state index contributed by atoms with van der Waals surface area (Å²) in [4.78, 5) is 2.36. The molecule has 0 radical (unpaired) electrons. The van der Waals surface area contributed by atoms with Gasteiger partial charge in [0.2, 0.25) is 0 Å². The van der Waals surface area contributed by atoms with Crippen molar-refractivity contribution in [2.75, 3.05) is 38.7 Å². The Morgan fingerprint density at radius 1 is 1.29 bits per heavy atom. The number of thioether (sulfide) groups is 1. The molecule has 0 aromatic heterocycles. The lowest BCUT2D eigenvalue weighted by Crippen LogP contribution is -2.39. The summed E-state index contributed by atoms with van der Waals surface area (Å²) in [7, 11) is 4.24. The van der Waals surface area contributed by atoms with E-state index in [1.807, 2.05) is 11.8 Å². The summed E-state index contributed by atoms with van der Waals surface area (Å²) in [5.74, 6) is 2.36. The number of hydrogen-bond acceptors (Lipinski definition) is 4. The van der Waals surface area contributed by atoms with Crippen molar-refractivity contribution in [2.45, 2.75) is 44.4 Å². The zero-order chi connectivity index (χ0) is 13.1. The maximum atomic E-state index is 4.63. The Morgan fingerprint density at radius 3 is 2.53 bits per heavy atom. The molecule has 0 aliphatic heterocycles. The first kappa shape index (κ1) is 17.6. The molecule has 0 saturated heterocycles. The number of nitrogens with one attached hydrogen (secondary N) is 1. The van der Waals surface area contributed by atoms with Crippen molar-refractivity contribution in [3.05, 3.63) is 0 Å². The van der Waals surface area contributed by atoms with Gasteiger partial charge in [0.05, 0.1) is 0 Å². The van der Waals surface area contributed by atoms with Gasteiger partial charge in [-0.25, -0.2) is 0 Å². The van der Waals surface area contributed by atoms with Crippen molar-refractivity contribution in [3.8, 4) is 0 Å². The molecular weight excluding hydrogens is 248 g/mol. The minimum Gasteiger partial charge on any atom is -0.315 e.